The van der Waals surface area contributed by atoms with Gasteiger partial charge in [0, 0.05) is 16.3 Å². The lowest BCUT2D eigenvalue weighted by molar-refractivity contribution is 1.43. The van der Waals surface area contributed by atoms with Crippen molar-refractivity contribution in [2.24, 2.45) is 0 Å². The van der Waals surface area contributed by atoms with Crippen molar-refractivity contribution < 1.29 is 0 Å². The summed E-state index contributed by atoms with van der Waals surface area (Å²) in [6.45, 7) is 0. The maximum absolute atomic E-state index is 6.02. The van der Waals surface area contributed by atoms with Crippen LogP contribution in [0, 0.1) is 0 Å². The van der Waals surface area contributed by atoms with Crippen LogP contribution >= 0.6 is 23.2 Å². The molecule has 0 spiro atoms. The lowest BCUT2D eigenvalue weighted by atomic mass is 10.1. The summed E-state index contributed by atoms with van der Waals surface area (Å²) in [7, 11) is 0. The third-order valence-corrected chi connectivity index (χ3v) is 2.68. The Hall–Kier alpha value is -0.720. The van der Waals surface area contributed by atoms with Crippen molar-refractivity contribution in [1.29, 1.82) is 0 Å². The van der Waals surface area contributed by atoms with E-state index >= 15 is 0 Å². The number of fused-ring (bicyclic) bond motifs is 1. The standard InChI is InChI=1S/C11H8Cl2/c12-7-8-4-5-10-9(6-8)2-1-3-11(10)13/h1-6H,7H2. The fourth-order valence-corrected chi connectivity index (χ4v) is 1.79. The second-order valence-electron chi connectivity index (χ2n) is 2.93. The average Bonchev–Trinajstić information content (AvgIpc) is 2.18. The lowest BCUT2D eigenvalue weighted by Crippen LogP contribution is -1.79. The molecule has 2 aromatic carbocycles. The van der Waals surface area contributed by atoms with E-state index in [1.165, 1.54) is 0 Å². The van der Waals surface area contributed by atoms with Crippen molar-refractivity contribution >= 4 is 34.0 Å². The minimum Gasteiger partial charge on any atom is -0.122 e. The largest absolute Gasteiger partial charge is 0.122 e. The maximum atomic E-state index is 6.02. The summed E-state index contributed by atoms with van der Waals surface area (Å²) in [5.74, 6) is 0.544. The van der Waals surface area contributed by atoms with Gasteiger partial charge in [-0.3, -0.25) is 0 Å². The number of benzene rings is 2. The van der Waals surface area contributed by atoms with E-state index in [1.54, 1.807) is 0 Å². The van der Waals surface area contributed by atoms with E-state index in [2.05, 4.69) is 6.07 Å². The molecule has 0 aromatic heterocycles. The molecule has 0 aliphatic heterocycles. The predicted molar refractivity (Wildman–Crippen MR) is 58.5 cm³/mol. The van der Waals surface area contributed by atoms with Gasteiger partial charge in [-0.05, 0) is 23.1 Å². The zero-order valence-electron chi connectivity index (χ0n) is 6.93. The lowest BCUT2D eigenvalue weighted by Gasteiger charge is -2.01. The summed E-state index contributed by atoms with van der Waals surface area (Å²) in [6.07, 6.45) is 0. The molecule has 0 nitrogen and oxygen atoms in total. The molecular weight excluding hydrogens is 203 g/mol. The second kappa shape index (κ2) is 3.57. The Bertz CT molecular complexity index is 435. The number of hydrogen-bond donors (Lipinski definition) is 0. The SMILES string of the molecule is ClCc1ccc2c(Cl)cccc2c1. The molecule has 0 aliphatic carbocycles. The molecule has 0 radical (unpaired) electrons. The highest BCUT2D eigenvalue weighted by Gasteiger charge is 1.98. The van der Waals surface area contributed by atoms with Crippen molar-refractivity contribution in [1.82, 2.24) is 0 Å². The molecule has 0 N–H and O–H groups in total. The Labute approximate surface area is 87.1 Å². The fraction of sp³-hybridized carbons (Fsp3) is 0.0909. The Balaban J connectivity index is 2.72. The van der Waals surface area contributed by atoms with Crippen LogP contribution in [0.3, 0.4) is 0 Å². The number of rotatable bonds is 1. The van der Waals surface area contributed by atoms with Gasteiger partial charge in [0.1, 0.15) is 0 Å². The monoisotopic (exact) mass is 210 g/mol. The Morgan fingerprint density at radius 3 is 2.69 bits per heavy atom. The van der Waals surface area contributed by atoms with E-state index in [1.807, 2.05) is 30.3 Å². The minimum absolute atomic E-state index is 0.544. The molecular formula is C11H8Cl2. The van der Waals surface area contributed by atoms with Crippen LogP contribution in [0.25, 0.3) is 10.8 Å². The van der Waals surface area contributed by atoms with Crippen molar-refractivity contribution in [3.63, 3.8) is 0 Å². The van der Waals surface area contributed by atoms with Crippen LogP contribution in [-0.4, -0.2) is 0 Å². The first-order valence-electron chi connectivity index (χ1n) is 4.04. The molecule has 2 rings (SSSR count). The third-order valence-electron chi connectivity index (χ3n) is 2.05. The molecule has 0 aliphatic rings. The molecule has 0 saturated heterocycles. The van der Waals surface area contributed by atoms with Crippen molar-refractivity contribution in [3.05, 3.63) is 47.0 Å². The summed E-state index contributed by atoms with van der Waals surface area (Å²) in [4.78, 5) is 0. The molecule has 0 unspecified atom stereocenters. The fourth-order valence-electron chi connectivity index (χ4n) is 1.38. The number of halogens is 2. The van der Waals surface area contributed by atoms with E-state index in [0.717, 1.165) is 21.4 Å². The topological polar surface area (TPSA) is 0 Å². The van der Waals surface area contributed by atoms with E-state index in [0.29, 0.717) is 5.88 Å². The summed E-state index contributed by atoms with van der Waals surface area (Å²) < 4.78 is 0. The van der Waals surface area contributed by atoms with Crippen molar-refractivity contribution in [2.45, 2.75) is 5.88 Å². The van der Waals surface area contributed by atoms with Crippen LogP contribution in [0.1, 0.15) is 5.56 Å². The van der Waals surface area contributed by atoms with Gasteiger partial charge in [0.25, 0.3) is 0 Å². The summed E-state index contributed by atoms with van der Waals surface area (Å²) >= 11 is 11.8. The smallest absolute Gasteiger partial charge is 0.0484 e. The van der Waals surface area contributed by atoms with Gasteiger partial charge in [0.2, 0.25) is 0 Å². The summed E-state index contributed by atoms with van der Waals surface area (Å²) in [6, 6.07) is 12.0. The Morgan fingerprint density at radius 1 is 1.08 bits per heavy atom. The molecule has 0 fully saturated rings. The zero-order valence-corrected chi connectivity index (χ0v) is 8.44. The van der Waals surface area contributed by atoms with E-state index < -0.39 is 0 Å². The second-order valence-corrected chi connectivity index (χ2v) is 3.60. The first-order valence-corrected chi connectivity index (χ1v) is 4.95. The highest BCUT2D eigenvalue weighted by molar-refractivity contribution is 6.35. The van der Waals surface area contributed by atoms with Gasteiger partial charge in [0.05, 0.1) is 0 Å². The molecule has 0 saturated carbocycles. The van der Waals surface area contributed by atoms with E-state index in [4.69, 9.17) is 23.2 Å². The maximum Gasteiger partial charge on any atom is 0.0484 e. The van der Waals surface area contributed by atoms with Gasteiger partial charge in [-0.15, -0.1) is 11.6 Å². The van der Waals surface area contributed by atoms with Gasteiger partial charge in [-0.25, -0.2) is 0 Å². The summed E-state index contributed by atoms with van der Waals surface area (Å²) in [5, 5.41) is 3.02. The van der Waals surface area contributed by atoms with Crippen LogP contribution < -0.4 is 0 Å². The molecule has 0 bridgehead atoms. The van der Waals surface area contributed by atoms with Crippen LogP contribution in [0.4, 0.5) is 0 Å². The van der Waals surface area contributed by atoms with Gasteiger partial charge in [0.15, 0.2) is 0 Å². The predicted octanol–water partition coefficient (Wildman–Crippen LogP) is 4.23. The quantitative estimate of drug-likeness (QED) is 0.619. The van der Waals surface area contributed by atoms with E-state index in [-0.39, 0.29) is 0 Å². The third kappa shape index (κ3) is 1.65. The molecule has 13 heavy (non-hydrogen) atoms. The van der Waals surface area contributed by atoms with Crippen LogP contribution in [0.15, 0.2) is 36.4 Å². The van der Waals surface area contributed by atoms with Gasteiger partial charge >= 0.3 is 0 Å². The normalized spacial score (nSPS) is 10.6. The van der Waals surface area contributed by atoms with Crippen molar-refractivity contribution in [3.8, 4) is 0 Å². The van der Waals surface area contributed by atoms with Crippen LogP contribution in [0.5, 0.6) is 0 Å². The zero-order chi connectivity index (χ0) is 9.26. The molecule has 0 atom stereocenters. The average molecular weight is 211 g/mol. The first-order chi connectivity index (χ1) is 6.31. The first kappa shape index (κ1) is 8.86. The summed E-state index contributed by atoms with van der Waals surface area (Å²) in [5.41, 5.74) is 1.12. The Kier molecular flexibility index (Phi) is 2.43. The molecule has 0 heterocycles. The number of alkyl halides is 1. The molecule has 2 heteroatoms. The van der Waals surface area contributed by atoms with Crippen molar-refractivity contribution in [2.75, 3.05) is 0 Å². The molecule has 66 valence electrons. The highest BCUT2D eigenvalue weighted by atomic mass is 35.5. The van der Waals surface area contributed by atoms with Gasteiger partial charge in [-0.2, -0.15) is 0 Å². The number of hydrogen-bond acceptors (Lipinski definition) is 0. The minimum atomic E-state index is 0.544. The molecule has 2 aromatic rings. The van der Waals surface area contributed by atoms with Crippen LogP contribution in [-0.2, 0) is 5.88 Å². The van der Waals surface area contributed by atoms with Gasteiger partial charge < -0.3 is 0 Å². The highest BCUT2D eigenvalue weighted by Crippen LogP contribution is 2.24. The van der Waals surface area contributed by atoms with Crippen LogP contribution in [0.2, 0.25) is 5.02 Å². The van der Waals surface area contributed by atoms with Gasteiger partial charge in [-0.1, -0.05) is 35.9 Å². The van der Waals surface area contributed by atoms with E-state index in [9.17, 15) is 0 Å². The Morgan fingerprint density at radius 2 is 1.92 bits per heavy atom. The molecule has 0 amide bonds.